The summed E-state index contributed by atoms with van der Waals surface area (Å²) in [7, 11) is 0. The van der Waals surface area contributed by atoms with E-state index in [4.69, 9.17) is 11.6 Å². The SMILES string of the molecule is CC(C)(C)c1ccccc1NC(=O)CCNc1ccc(Cl)cc1. The summed E-state index contributed by atoms with van der Waals surface area (Å²) in [6, 6.07) is 15.4. The average Bonchev–Trinajstić information content (AvgIpc) is 2.49. The summed E-state index contributed by atoms with van der Waals surface area (Å²) < 4.78 is 0. The lowest BCUT2D eigenvalue weighted by Crippen LogP contribution is -2.20. The highest BCUT2D eigenvalue weighted by Crippen LogP contribution is 2.29. The minimum Gasteiger partial charge on any atom is -0.385 e. The summed E-state index contributed by atoms with van der Waals surface area (Å²) in [6.45, 7) is 6.99. The van der Waals surface area contributed by atoms with Gasteiger partial charge >= 0.3 is 0 Å². The zero-order valence-corrected chi connectivity index (χ0v) is 14.6. The fourth-order valence-corrected chi connectivity index (χ4v) is 2.47. The molecule has 0 aliphatic rings. The van der Waals surface area contributed by atoms with Crippen LogP contribution < -0.4 is 10.6 Å². The van der Waals surface area contributed by atoms with Gasteiger partial charge in [0, 0.05) is 29.4 Å². The van der Waals surface area contributed by atoms with Gasteiger partial charge in [0.15, 0.2) is 0 Å². The maximum Gasteiger partial charge on any atom is 0.226 e. The van der Waals surface area contributed by atoms with Gasteiger partial charge in [0.05, 0.1) is 0 Å². The predicted molar refractivity (Wildman–Crippen MR) is 98.3 cm³/mol. The van der Waals surface area contributed by atoms with Gasteiger partial charge in [0.1, 0.15) is 0 Å². The molecule has 2 rings (SSSR count). The second-order valence-corrected chi connectivity index (χ2v) is 6.96. The van der Waals surface area contributed by atoms with E-state index in [-0.39, 0.29) is 11.3 Å². The smallest absolute Gasteiger partial charge is 0.226 e. The number of benzene rings is 2. The molecule has 0 radical (unpaired) electrons. The van der Waals surface area contributed by atoms with Crippen molar-refractivity contribution >= 4 is 28.9 Å². The van der Waals surface area contributed by atoms with Gasteiger partial charge in [-0.2, -0.15) is 0 Å². The minimum atomic E-state index is -0.00850. The number of anilines is 2. The first-order chi connectivity index (χ1) is 10.9. The van der Waals surface area contributed by atoms with Crippen molar-refractivity contribution in [2.24, 2.45) is 0 Å². The average molecular weight is 331 g/mol. The van der Waals surface area contributed by atoms with E-state index >= 15 is 0 Å². The number of halogens is 1. The minimum absolute atomic E-state index is 0.00293. The molecule has 122 valence electrons. The Hall–Kier alpha value is -2.00. The third kappa shape index (κ3) is 5.29. The lowest BCUT2D eigenvalue weighted by Gasteiger charge is -2.23. The van der Waals surface area contributed by atoms with Crippen LogP contribution in [0.5, 0.6) is 0 Å². The summed E-state index contributed by atoms with van der Waals surface area (Å²) in [5.41, 5.74) is 2.97. The van der Waals surface area contributed by atoms with Crippen molar-refractivity contribution in [1.29, 1.82) is 0 Å². The molecule has 0 saturated carbocycles. The van der Waals surface area contributed by atoms with Crippen molar-refractivity contribution in [2.75, 3.05) is 17.2 Å². The predicted octanol–water partition coefficient (Wildman–Crippen LogP) is 5.08. The van der Waals surface area contributed by atoms with Crippen molar-refractivity contribution in [3.8, 4) is 0 Å². The molecule has 3 nitrogen and oxygen atoms in total. The molecule has 2 aromatic carbocycles. The zero-order valence-electron chi connectivity index (χ0n) is 13.8. The zero-order chi connectivity index (χ0) is 16.9. The maximum absolute atomic E-state index is 12.2. The lowest BCUT2D eigenvalue weighted by atomic mass is 9.86. The Morgan fingerprint density at radius 2 is 1.70 bits per heavy atom. The van der Waals surface area contributed by atoms with Gasteiger partial charge in [0.2, 0.25) is 5.91 Å². The molecule has 0 heterocycles. The fourth-order valence-electron chi connectivity index (χ4n) is 2.35. The molecular formula is C19H23ClN2O. The van der Waals surface area contributed by atoms with Crippen LogP contribution in [0.2, 0.25) is 5.02 Å². The third-order valence-electron chi connectivity index (χ3n) is 3.53. The summed E-state index contributed by atoms with van der Waals surface area (Å²) in [5, 5.41) is 6.93. The highest BCUT2D eigenvalue weighted by atomic mass is 35.5. The van der Waals surface area contributed by atoms with E-state index in [2.05, 4.69) is 37.5 Å². The van der Waals surface area contributed by atoms with Crippen LogP contribution in [0.4, 0.5) is 11.4 Å². The highest BCUT2D eigenvalue weighted by molar-refractivity contribution is 6.30. The Bertz CT molecular complexity index is 660. The molecule has 0 bridgehead atoms. The molecule has 0 saturated heterocycles. The number of carbonyl (C=O) groups is 1. The molecule has 2 N–H and O–H groups in total. The van der Waals surface area contributed by atoms with Crippen molar-refractivity contribution < 1.29 is 4.79 Å². The van der Waals surface area contributed by atoms with Gasteiger partial charge in [-0.1, -0.05) is 50.6 Å². The maximum atomic E-state index is 12.2. The molecule has 0 aliphatic heterocycles. The Balaban J connectivity index is 1.89. The number of para-hydroxylation sites is 1. The topological polar surface area (TPSA) is 41.1 Å². The molecule has 0 aromatic heterocycles. The molecule has 4 heteroatoms. The summed E-state index contributed by atoms with van der Waals surface area (Å²) in [5.74, 6) is 0.00293. The van der Waals surface area contributed by atoms with Gasteiger partial charge in [-0.3, -0.25) is 4.79 Å². The number of hydrogen-bond acceptors (Lipinski definition) is 2. The largest absolute Gasteiger partial charge is 0.385 e. The molecule has 0 unspecified atom stereocenters. The van der Waals surface area contributed by atoms with Gasteiger partial charge in [-0.05, 0) is 41.3 Å². The summed E-state index contributed by atoms with van der Waals surface area (Å²) >= 11 is 5.85. The first-order valence-corrected chi connectivity index (χ1v) is 8.13. The number of amides is 1. The Morgan fingerprint density at radius 3 is 2.35 bits per heavy atom. The van der Waals surface area contributed by atoms with Crippen LogP contribution >= 0.6 is 11.6 Å². The van der Waals surface area contributed by atoms with E-state index < -0.39 is 0 Å². The summed E-state index contributed by atoms with van der Waals surface area (Å²) in [6.07, 6.45) is 0.404. The monoisotopic (exact) mass is 330 g/mol. The van der Waals surface area contributed by atoms with Gasteiger partial charge < -0.3 is 10.6 Å². The van der Waals surface area contributed by atoms with Crippen LogP contribution in [0, 0.1) is 0 Å². The van der Waals surface area contributed by atoms with E-state index in [0.29, 0.717) is 18.0 Å². The number of carbonyl (C=O) groups excluding carboxylic acids is 1. The molecule has 0 fully saturated rings. The van der Waals surface area contributed by atoms with E-state index in [0.717, 1.165) is 16.9 Å². The Labute approximate surface area is 143 Å². The summed E-state index contributed by atoms with van der Waals surface area (Å²) in [4.78, 5) is 12.2. The standard InChI is InChI=1S/C19H23ClN2O/c1-19(2,3)16-6-4-5-7-17(16)22-18(23)12-13-21-15-10-8-14(20)9-11-15/h4-11,21H,12-13H2,1-3H3,(H,22,23). The number of hydrogen-bond donors (Lipinski definition) is 2. The van der Waals surface area contributed by atoms with Crippen LogP contribution in [0.15, 0.2) is 48.5 Å². The van der Waals surface area contributed by atoms with E-state index in [9.17, 15) is 4.79 Å². The molecule has 23 heavy (non-hydrogen) atoms. The Morgan fingerprint density at radius 1 is 1.04 bits per heavy atom. The first-order valence-electron chi connectivity index (χ1n) is 7.75. The van der Waals surface area contributed by atoms with Crippen LogP contribution in [0.3, 0.4) is 0 Å². The normalized spacial score (nSPS) is 11.1. The van der Waals surface area contributed by atoms with Crippen molar-refractivity contribution in [1.82, 2.24) is 0 Å². The highest BCUT2D eigenvalue weighted by Gasteiger charge is 2.18. The van der Waals surface area contributed by atoms with Gasteiger partial charge in [-0.25, -0.2) is 0 Å². The number of rotatable bonds is 5. The van der Waals surface area contributed by atoms with Crippen LogP contribution in [-0.4, -0.2) is 12.5 Å². The lowest BCUT2D eigenvalue weighted by molar-refractivity contribution is -0.115. The second kappa shape index (κ2) is 7.51. The molecule has 0 aliphatic carbocycles. The fraction of sp³-hybridized carbons (Fsp3) is 0.316. The van der Waals surface area contributed by atoms with Gasteiger partial charge in [0.25, 0.3) is 0 Å². The quantitative estimate of drug-likeness (QED) is 0.802. The number of nitrogens with one attached hydrogen (secondary N) is 2. The molecule has 0 spiro atoms. The van der Waals surface area contributed by atoms with Crippen molar-refractivity contribution in [3.63, 3.8) is 0 Å². The van der Waals surface area contributed by atoms with E-state index in [1.807, 2.05) is 42.5 Å². The molecule has 0 atom stereocenters. The Kier molecular flexibility index (Phi) is 5.67. The van der Waals surface area contributed by atoms with Crippen LogP contribution in [-0.2, 0) is 10.2 Å². The molecule has 2 aromatic rings. The molecular weight excluding hydrogens is 308 g/mol. The second-order valence-electron chi connectivity index (χ2n) is 6.53. The first kappa shape index (κ1) is 17.4. The van der Waals surface area contributed by atoms with Crippen LogP contribution in [0.1, 0.15) is 32.8 Å². The van der Waals surface area contributed by atoms with Gasteiger partial charge in [-0.15, -0.1) is 0 Å². The molecule has 1 amide bonds. The van der Waals surface area contributed by atoms with E-state index in [1.54, 1.807) is 0 Å². The van der Waals surface area contributed by atoms with Crippen LogP contribution in [0.25, 0.3) is 0 Å². The van der Waals surface area contributed by atoms with Crippen molar-refractivity contribution in [3.05, 3.63) is 59.1 Å². The van der Waals surface area contributed by atoms with Crippen molar-refractivity contribution in [2.45, 2.75) is 32.6 Å². The van der Waals surface area contributed by atoms with E-state index in [1.165, 1.54) is 0 Å². The third-order valence-corrected chi connectivity index (χ3v) is 3.79.